The number of carbonyl (C=O) groups excluding carboxylic acids is 1. The minimum absolute atomic E-state index is 0.178. The lowest BCUT2D eigenvalue weighted by Gasteiger charge is -2.20. The van der Waals surface area contributed by atoms with Crippen molar-refractivity contribution in [2.24, 2.45) is 0 Å². The standard InChI is InChI=1S/C18H23NO5/c1-4-15(19(21)12-14-8-6-5-7-9-14)10-11-16(20)23-17-13-22-18(2,3)24-17/h5-9,15,17,21H,4,12-13H2,1-3H3/t15?,17-/m1/s1. The molecule has 0 radical (unpaired) electrons. The highest BCUT2D eigenvalue weighted by Gasteiger charge is 2.34. The van der Waals surface area contributed by atoms with Crippen molar-refractivity contribution in [3.05, 3.63) is 35.9 Å². The van der Waals surface area contributed by atoms with Crippen LogP contribution in [0.1, 0.15) is 32.8 Å². The summed E-state index contributed by atoms with van der Waals surface area (Å²) in [4.78, 5) is 11.8. The smallest absolute Gasteiger partial charge is 0.386 e. The summed E-state index contributed by atoms with van der Waals surface area (Å²) in [7, 11) is 0. The van der Waals surface area contributed by atoms with Gasteiger partial charge in [-0.1, -0.05) is 43.2 Å². The Bertz CT molecular complexity index is 605. The molecule has 0 saturated carbocycles. The lowest BCUT2D eigenvalue weighted by Crippen LogP contribution is -2.30. The quantitative estimate of drug-likeness (QED) is 0.386. The SMILES string of the molecule is CCC(C#CC(=O)O[C@H]1COC(C)(C)O1)N(O)Cc1ccccc1. The molecular formula is C18H23NO5. The third kappa shape index (κ3) is 5.62. The van der Waals surface area contributed by atoms with E-state index in [-0.39, 0.29) is 6.61 Å². The molecule has 1 saturated heterocycles. The Hall–Kier alpha value is -1.91. The predicted molar refractivity (Wildman–Crippen MR) is 86.6 cm³/mol. The van der Waals surface area contributed by atoms with Crippen molar-refractivity contribution < 1.29 is 24.2 Å². The molecule has 1 heterocycles. The molecule has 1 unspecified atom stereocenters. The van der Waals surface area contributed by atoms with Crippen LogP contribution in [-0.2, 0) is 25.5 Å². The molecule has 130 valence electrons. The van der Waals surface area contributed by atoms with E-state index in [0.29, 0.717) is 13.0 Å². The molecule has 0 aromatic heterocycles. The predicted octanol–water partition coefficient (Wildman–Crippen LogP) is 2.31. The maximum Gasteiger partial charge on any atom is 0.386 e. The van der Waals surface area contributed by atoms with Gasteiger partial charge >= 0.3 is 5.97 Å². The molecule has 0 aliphatic carbocycles. The first-order chi connectivity index (χ1) is 11.4. The number of carbonyl (C=O) groups is 1. The number of hydrogen-bond donors (Lipinski definition) is 1. The second-order valence-corrected chi connectivity index (χ2v) is 5.94. The largest absolute Gasteiger partial charge is 0.423 e. The van der Waals surface area contributed by atoms with Gasteiger partial charge in [-0.05, 0) is 25.8 Å². The average Bonchev–Trinajstić information content (AvgIpc) is 2.87. The number of benzene rings is 1. The minimum Gasteiger partial charge on any atom is -0.423 e. The van der Waals surface area contributed by atoms with Gasteiger partial charge in [0.05, 0.1) is 12.6 Å². The summed E-state index contributed by atoms with van der Waals surface area (Å²) in [5.41, 5.74) is 0.960. The van der Waals surface area contributed by atoms with Crippen molar-refractivity contribution >= 4 is 5.97 Å². The highest BCUT2D eigenvalue weighted by molar-refractivity contribution is 5.88. The molecule has 1 aromatic carbocycles. The second kappa shape index (κ2) is 8.27. The van der Waals surface area contributed by atoms with Gasteiger partial charge in [-0.2, -0.15) is 5.06 Å². The molecule has 1 aliphatic heterocycles. The maximum absolute atomic E-state index is 11.8. The number of rotatable bonds is 5. The zero-order chi connectivity index (χ0) is 17.6. The van der Waals surface area contributed by atoms with Crippen LogP contribution in [0, 0.1) is 11.8 Å². The summed E-state index contributed by atoms with van der Waals surface area (Å²) < 4.78 is 15.8. The van der Waals surface area contributed by atoms with E-state index in [1.807, 2.05) is 37.3 Å². The van der Waals surface area contributed by atoms with Gasteiger partial charge < -0.3 is 19.4 Å². The lowest BCUT2D eigenvalue weighted by molar-refractivity contribution is -0.193. The molecule has 2 atom stereocenters. The van der Waals surface area contributed by atoms with Gasteiger partial charge in [0, 0.05) is 5.92 Å². The van der Waals surface area contributed by atoms with Crippen LogP contribution in [0.5, 0.6) is 0 Å². The summed E-state index contributed by atoms with van der Waals surface area (Å²) >= 11 is 0. The second-order valence-electron chi connectivity index (χ2n) is 5.94. The van der Waals surface area contributed by atoms with Crippen molar-refractivity contribution in [2.75, 3.05) is 6.61 Å². The Balaban J connectivity index is 1.88. The first-order valence-electron chi connectivity index (χ1n) is 7.93. The van der Waals surface area contributed by atoms with Crippen LogP contribution in [0.4, 0.5) is 0 Å². The molecule has 6 nitrogen and oxygen atoms in total. The molecule has 6 heteroatoms. The Labute approximate surface area is 142 Å². The van der Waals surface area contributed by atoms with Crippen LogP contribution in [-0.4, -0.2) is 41.0 Å². The van der Waals surface area contributed by atoms with Crippen LogP contribution in [0.25, 0.3) is 0 Å². The monoisotopic (exact) mass is 333 g/mol. The van der Waals surface area contributed by atoms with Crippen LogP contribution in [0.3, 0.4) is 0 Å². The lowest BCUT2D eigenvalue weighted by atomic mass is 10.2. The van der Waals surface area contributed by atoms with Crippen LogP contribution >= 0.6 is 0 Å². The van der Waals surface area contributed by atoms with E-state index >= 15 is 0 Å². The number of hydroxylamine groups is 2. The van der Waals surface area contributed by atoms with Crippen molar-refractivity contribution in [2.45, 2.75) is 51.9 Å². The zero-order valence-corrected chi connectivity index (χ0v) is 14.2. The van der Waals surface area contributed by atoms with E-state index in [2.05, 4.69) is 11.8 Å². The molecule has 1 aromatic rings. The van der Waals surface area contributed by atoms with Gasteiger partial charge in [-0.15, -0.1) is 0 Å². The first-order valence-corrected chi connectivity index (χ1v) is 7.93. The highest BCUT2D eigenvalue weighted by atomic mass is 16.8. The van der Waals surface area contributed by atoms with E-state index < -0.39 is 24.1 Å². The average molecular weight is 333 g/mol. The number of hydrogen-bond acceptors (Lipinski definition) is 6. The molecule has 1 fully saturated rings. The van der Waals surface area contributed by atoms with Gasteiger partial charge in [-0.3, -0.25) is 0 Å². The highest BCUT2D eigenvalue weighted by Crippen LogP contribution is 2.22. The van der Waals surface area contributed by atoms with Crippen molar-refractivity contribution in [1.82, 2.24) is 5.06 Å². The summed E-state index contributed by atoms with van der Waals surface area (Å²) in [6, 6.07) is 9.08. The summed E-state index contributed by atoms with van der Waals surface area (Å²) in [5, 5.41) is 11.3. The van der Waals surface area contributed by atoms with Gasteiger partial charge in [0.25, 0.3) is 0 Å². The fourth-order valence-corrected chi connectivity index (χ4v) is 2.27. The molecule has 2 rings (SSSR count). The fraction of sp³-hybridized carbons (Fsp3) is 0.500. The molecular weight excluding hydrogens is 310 g/mol. The number of esters is 1. The number of nitrogens with zero attached hydrogens (tertiary/aromatic N) is 1. The fourth-order valence-electron chi connectivity index (χ4n) is 2.27. The van der Waals surface area contributed by atoms with Gasteiger partial charge in [0.2, 0.25) is 6.29 Å². The molecule has 0 amide bonds. The Kier molecular flexibility index (Phi) is 6.35. The third-order valence-electron chi connectivity index (χ3n) is 3.50. The minimum atomic E-state index is -0.762. The Morgan fingerprint density at radius 1 is 1.46 bits per heavy atom. The third-order valence-corrected chi connectivity index (χ3v) is 3.50. The molecule has 24 heavy (non-hydrogen) atoms. The molecule has 0 bridgehead atoms. The zero-order valence-electron chi connectivity index (χ0n) is 14.2. The van der Waals surface area contributed by atoms with E-state index in [1.165, 1.54) is 0 Å². The molecule has 1 N–H and O–H groups in total. The van der Waals surface area contributed by atoms with Crippen LogP contribution < -0.4 is 0 Å². The summed E-state index contributed by atoms with van der Waals surface area (Å²) in [6.07, 6.45) is -0.184. The van der Waals surface area contributed by atoms with E-state index in [1.54, 1.807) is 13.8 Å². The van der Waals surface area contributed by atoms with E-state index in [4.69, 9.17) is 14.2 Å². The Morgan fingerprint density at radius 3 is 2.75 bits per heavy atom. The van der Waals surface area contributed by atoms with Gasteiger partial charge in [0.15, 0.2) is 5.79 Å². The summed E-state index contributed by atoms with van der Waals surface area (Å²) in [5.74, 6) is 3.68. The van der Waals surface area contributed by atoms with Crippen molar-refractivity contribution in [1.29, 1.82) is 0 Å². The van der Waals surface area contributed by atoms with Gasteiger partial charge in [-0.25, -0.2) is 4.79 Å². The van der Waals surface area contributed by atoms with Crippen molar-refractivity contribution in [3.8, 4) is 11.8 Å². The van der Waals surface area contributed by atoms with E-state index in [0.717, 1.165) is 10.6 Å². The van der Waals surface area contributed by atoms with Crippen LogP contribution in [0.15, 0.2) is 30.3 Å². The van der Waals surface area contributed by atoms with Crippen LogP contribution in [0.2, 0.25) is 0 Å². The molecule has 0 spiro atoms. The number of ether oxygens (including phenoxy) is 3. The summed E-state index contributed by atoms with van der Waals surface area (Å²) in [6.45, 7) is 5.88. The topological polar surface area (TPSA) is 68.2 Å². The normalized spacial score (nSPS) is 20.3. The maximum atomic E-state index is 11.8. The van der Waals surface area contributed by atoms with Gasteiger partial charge in [0.1, 0.15) is 6.61 Å². The Morgan fingerprint density at radius 2 is 2.17 bits per heavy atom. The molecule has 1 aliphatic rings. The van der Waals surface area contributed by atoms with E-state index in [9.17, 15) is 10.0 Å². The first kappa shape index (κ1) is 18.4. The van der Waals surface area contributed by atoms with Crippen molar-refractivity contribution in [3.63, 3.8) is 0 Å².